The van der Waals surface area contributed by atoms with Crippen molar-refractivity contribution in [3.8, 4) is 0 Å². The molecule has 0 N–H and O–H groups in total. The van der Waals surface area contributed by atoms with E-state index in [-0.39, 0.29) is 5.82 Å². The lowest BCUT2D eigenvalue weighted by Crippen LogP contribution is -2.00. The quantitative estimate of drug-likeness (QED) is 0.691. The molecule has 4 nitrogen and oxygen atoms in total. The van der Waals surface area contributed by atoms with Crippen LogP contribution >= 0.6 is 0 Å². The van der Waals surface area contributed by atoms with Gasteiger partial charge in [0.2, 0.25) is 0 Å². The van der Waals surface area contributed by atoms with Crippen molar-refractivity contribution in [2.24, 2.45) is 7.05 Å². The Balaban J connectivity index is 2.00. The zero-order valence-electron chi connectivity index (χ0n) is 9.84. The van der Waals surface area contributed by atoms with E-state index in [4.69, 9.17) is 0 Å². The van der Waals surface area contributed by atoms with Gasteiger partial charge < -0.3 is 4.57 Å². The Kier molecular flexibility index (Phi) is 2.51. The molecule has 0 saturated heterocycles. The van der Waals surface area contributed by atoms with Crippen molar-refractivity contribution in [2.45, 2.75) is 6.42 Å². The van der Waals surface area contributed by atoms with Gasteiger partial charge in [0.15, 0.2) is 5.65 Å². The summed E-state index contributed by atoms with van der Waals surface area (Å²) < 4.78 is 15.4. The summed E-state index contributed by atoms with van der Waals surface area (Å²) in [5, 5.41) is 0. The maximum Gasteiger partial charge on any atom is 0.163 e. The summed E-state index contributed by atoms with van der Waals surface area (Å²) in [7, 11) is 1.87. The molecule has 3 rings (SSSR count). The fourth-order valence-corrected chi connectivity index (χ4v) is 1.85. The summed E-state index contributed by atoms with van der Waals surface area (Å²) in [6, 6.07) is 6.66. The molecule has 0 aliphatic rings. The van der Waals surface area contributed by atoms with Crippen LogP contribution < -0.4 is 0 Å². The predicted octanol–water partition coefficient (Wildman–Crippen LogP) is 2.09. The summed E-state index contributed by atoms with van der Waals surface area (Å²) in [5.74, 6) is 0.363. The highest BCUT2D eigenvalue weighted by atomic mass is 19.1. The topological polar surface area (TPSA) is 43.6 Å². The van der Waals surface area contributed by atoms with Crippen LogP contribution in [0.3, 0.4) is 0 Å². The van der Waals surface area contributed by atoms with Crippen molar-refractivity contribution in [3.05, 3.63) is 54.0 Å². The first-order chi connectivity index (χ1) is 8.74. The van der Waals surface area contributed by atoms with Crippen molar-refractivity contribution >= 4 is 11.2 Å². The van der Waals surface area contributed by atoms with E-state index in [0.717, 1.165) is 11.2 Å². The lowest BCUT2D eigenvalue weighted by molar-refractivity contribution is 0.612. The van der Waals surface area contributed by atoms with E-state index in [0.29, 0.717) is 17.8 Å². The number of hydrogen-bond donors (Lipinski definition) is 0. The van der Waals surface area contributed by atoms with E-state index >= 15 is 0 Å². The molecule has 0 saturated carbocycles. The van der Waals surface area contributed by atoms with Gasteiger partial charge in [0.1, 0.15) is 17.2 Å². The van der Waals surface area contributed by atoms with Crippen LogP contribution in [0.4, 0.5) is 4.39 Å². The molecule has 0 bridgehead atoms. The van der Waals surface area contributed by atoms with E-state index in [1.54, 1.807) is 30.7 Å². The molecule has 1 aromatic carbocycles. The van der Waals surface area contributed by atoms with Gasteiger partial charge in [-0.3, -0.25) is 0 Å². The summed E-state index contributed by atoms with van der Waals surface area (Å²) in [5.41, 5.74) is 2.10. The zero-order valence-corrected chi connectivity index (χ0v) is 9.84. The third kappa shape index (κ3) is 1.84. The maximum absolute atomic E-state index is 13.5. The monoisotopic (exact) mass is 242 g/mol. The van der Waals surface area contributed by atoms with Crippen LogP contribution in [0.25, 0.3) is 11.2 Å². The van der Waals surface area contributed by atoms with Crippen LogP contribution in [0.15, 0.2) is 36.8 Å². The van der Waals surface area contributed by atoms with Gasteiger partial charge >= 0.3 is 0 Å². The van der Waals surface area contributed by atoms with Gasteiger partial charge in [-0.05, 0) is 11.6 Å². The van der Waals surface area contributed by atoms with Crippen LogP contribution in [-0.2, 0) is 13.5 Å². The molecule has 0 atom stereocenters. The molecule has 0 amide bonds. The Hall–Kier alpha value is -2.30. The molecular formula is C13H11FN4. The predicted molar refractivity (Wildman–Crippen MR) is 65.5 cm³/mol. The second kappa shape index (κ2) is 4.18. The smallest absolute Gasteiger partial charge is 0.163 e. The van der Waals surface area contributed by atoms with E-state index in [1.807, 2.05) is 11.6 Å². The number of imidazole rings is 1. The number of rotatable bonds is 2. The number of nitrogens with zero attached hydrogens (tertiary/aromatic N) is 4. The molecule has 0 fully saturated rings. The Morgan fingerprint density at radius 3 is 2.89 bits per heavy atom. The largest absolute Gasteiger partial charge is 0.318 e. The molecule has 18 heavy (non-hydrogen) atoms. The number of fused-ring (bicyclic) bond motifs is 1. The summed E-state index contributed by atoms with van der Waals surface area (Å²) in [4.78, 5) is 12.7. The van der Waals surface area contributed by atoms with Gasteiger partial charge in [0, 0.05) is 13.5 Å². The second-order valence-electron chi connectivity index (χ2n) is 4.12. The SMILES string of the molecule is Cn1cnc2cnc(Cc3ccccc3F)nc21. The average Bonchev–Trinajstić information content (AvgIpc) is 2.74. The lowest BCUT2D eigenvalue weighted by Gasteiger charge is -2.02. The Morgan fingerprint density at radius 2 is 2.06 bits per heavy atom. The highest BCUT2D eigenvalue weighted by Crippen LogP contribution is 2.13. The highest BCUT2D eigenvalue weighted by molar-refractivity contribution is 5.69. The first-order valence-corrected chi connectivity index (χ1v) is 5.60. The van der Waals surface area contributed by atoms with Crippen LogP contribution in [-0.4, -0.2) is 19.5 Å². The van der Waals surface area contributed by atoms with Crippen molar-refractivity contribution in [1.29, 1.82) is 0 Å². The lowest BCUT2D eigenvalue weighted by atomic mass is 10.1. The molecule has 90 valence electrons. The van der Waals surface area contributed by atoms with Gasteiger partial charge in [-0.1, -0.05) is 18.2 Å². The molecule has 3 aromatic rings. The van der Waals surface area contributed by atoms with Gasteiger partial charge in [-0.2, -0.15) is 0 Å². The van der Waals surface area contributed by atoms with Crippen LogP contribution in [0.2, 0.25) is 0 Å². The van der Waals surface area contributed by atoms with E-state index in [2.05, 4.69) is 15.0 Å². The fourth-order valence-electron chi connectivity index (χ4n) is 1.85. The number of halogens is 1. The Morgan fingerprint density at radius 1 is 1.22 bits per heavy atom. The summed E-state index contributed by atoms with van der Waals surface area (Å²) in [6.45, 7) is 0. The second-order valence-corrected chi connectivity index (χ2v) is 4.12. The van der Waals surface area contributed by atoms with Crippen LogP contribution in [0.5, 0.6) is 0 Å². The number of aryl methyl sites for hydroxylation is 1. The molecule has 0 aliphatic heterocycles. The summed E-state index contributed by atoms with van der Waals surface area (Å²) >= 11 is 0. The minimum absolute atomic E-state index is 0.230. The molecule has 5 heteroatoms. The molecule has 2 aromatic heterocycles. The third-order valence-electron chi connectivity index (χ3n) is 2.81. The van der Waals surface area contributed by atoms with E-state index in [1.165, 1.54) is 6.07 Å². The van der Waals surface area contributed by atoms with E-state index in [9.17, 15) is 4.39 Å². The molecule has 0 aliphatic carbocycles. The number of benzene rings is 1. The Bertz CT molecular complexity index is 705. The van der Waals surface area contributed by atoms with Crippen LogP contribution in [0, 0.1) is 5.82 Å². The normalized spacial score (nSPS) is 11.0. The maximum atomic E-state index is 13.5. The molecule has 0 spiro atoms. The van der Waals surface area contributed by atoms with E-state index < -0.39 is 0 Å². The molecule has 0 radical (unpaired) electrons. The molecular weight excluding hydrogens is 231 g/mol. The van der Waals surface area contributed by atoms with Gasteiger partial charge in [0.25, 0.3) is 0 Å². The van der Waals surface area contributed by atoms with Gasteiger partial charge in [0.05, 0.1) is 12.5 Å². The van der Waals surface area contributed by atoms with Crippen molar-refractivity contribution in [2.75, 3.05) is 0 Å². The minimum Gasteiger partial charge on any atom is -0.318 e. The van der Waals surface area contributed by atoms with Gasteiger partial charge in [-0.15, -0.1) is 0 Å². The first kappa shape index (κ1) is 10.8. The zero-order chi connectivity index (χ0) is 12.5. The highest BCUT2D eigenvalue weighted by Gasteiger charge is 2.07. The number of aromatic nitrogens is 4. The standard InChI is InChI=1S/C13H11FN4/c1-18-8-16-11-7-15-12(17-13(11)18)6-9-4-2-3-5-10(9)14/h2-5,7-8H,6H2,1H3. The number of hydrogen-bond acceptors (Lipinski definition) is 3. The van der Waals surface area contributed by atoms with Gasteiger partial charge in [-0.25, -0.2) is 19.3 Å². The Labute approximate surface area is 103 Å². The summed E-state index contributed by atoms with van der Waals surface area (Å²) in [6.07, 6.45) is 3.73. The minimum atomic E-state index is -0.230. The van der Waals surface area contributed by atoms with Crippen molar-refractivity contribution in [3.63, 3.8) is 0 Å². The molecule has 0 unspecified atom stereocenters. The first-order valence-electron chi connectivity index (χ1n) is 5.60. The average molecular weight is 242 g/mol. The fraction of sp³-hybridized carbons (Fsp3) is 0.154. The van der Waals surface area contributed by atoms with Crippen molar-refractivity contribution < 1.29 is 4.39 Å². The van der Waals surface area contributed by atoms with Crippen molar-refractivity contribution in [1.82, 2.24) is 19.5 Å². The molecule has 2 heterocycles. The van der Waals surface area contributed by atoms with Crippen LogP contribution in [0.1, 0.15) is 11.4 Å². The third-order valence-corrected chi connectivity index (χ3v) is 2.81.